The highest BCUT2D eigenvalue weighted by Gasteiger charge is 2.03. The second-order valence-corrected chi connectivity index (χ2v) is 3.48. The summed E-state index contributed by atoms with van der Waals surface area (Å²) in [4.78, 5) is 15.1. The molecule has 1 rings (SSSR count). The number of halogens is 2. The normalized spacial score (nSPS) is 9.64. The zero-order valence-corrected chi connectivity index (χ0v) is 9.29. The number of aromatic nitrogens is 1. The lowest BCUT2D eigenvalue weighted by Gasteiger charge is -1.94. The van der Waals surface area contributed by atoms with Crippen molar-refractivity contribution in [2.24, 2.45) is 0 Å². The molecule has 0 bridgehead atoms. The molecule has 0 saturated heterocycles. The maximum absolute atomic E-state index is 11.1. The average Bonchev–Trinajstić information content (AvgIpc) is 2.03. The van der Waals surface area contributed by atoms with Crippen molar-refractivity contribution in [2.75, 3.05) is 4.43 Å². The summed E-state index contributed by atoms with van der Waals surface area (Å²) in [5.74, 6) is 0.0619. The van der Waals surface area contributed by atoms with E-state index in [1.54, 1.807) is 18.2 Å². The van der Waals surface area contributed by atoms with E-state index in [1.165, 1.54) is 0 Å². The lowest BCUT2D eigenvalue weighted by molar-refractivity contribution is 0.102. The molecule has 0 saturated carbocycles. The van der Waals surface area contributed by atoms with E-state index in [0.717, 1.165) is 0 Å². The van der Waals surface area contributed by atoms with Gasteiger partial charge < -0.3 is 0 Å². The number of Topliss-reactive ketones (excluding diaryl/α,β-unsaturated/α-hetero) is 1. The van der Waals surface area contributed by atoms with E-state index in [0.29, 0.717) is 14.7 Å². The van der Waals surface area contributed by atoms with Gasteiger partial charge in [0.05, 0.1) is 4.43 Å². The molecule has 2 nitrogen and oxygen atoms in total. The van der Waals surface area contributed by atoms with E-state index in [-0.39, 0.29) is 5.78 Å². The van der Waals surface area contributed by atoms with Gasteiger partial charge in [-0.3, -0.25) is 4.79 Å². The van der Waals surface area contributed by atoms with Crippen LogP contribution in [0.5, 0.6) is 0 Å². The smallest absolute Gasteiger partial charge is 0.190 e. The van der Waals surface area contributed by atoms with Crippen molar-refractivity contribution in [1.82, 2.24) is 4.98 Å². The van der Waals surface area contributed by atoms with Crippen molar-refractivity contribution in [3.63, 3.8) is 0 Å². The van der Waals surface area contributed by atoms with Crippen LogP contribution in [0.3, 0.4) is 0 Å². The molecule has 0 aromatic carbocycles. The Morgan fingerprint density at radius 2 is 2.36 bits per heavy atom. The molecular formula is C7H5BrINO. The molecule has 0 spiro atoms. The lowest BCUT2D eigenvalue weighted by atomic mass is 10.3. The van der Waals surface area contributed by atoms with Gasteiger partial charge in [0.2, 0.25) is 0 Å². The quantitative estimate of drug-likeness (QED) is 0.362. The van der Waals surface area contributed by atoms with E-state index >= 15 is 0 Å². The summed E-state index contributed by atoms with van der Waals surface area (Å²) in [5.41, 5.74) is 0.522. The molecule has 0 amide bonds. The molecule has 0 atom stereocenters. The second-order valence-electron chi connectivity index (χ2n) is 1.90. The lowest BCUT2D eigenvalue weighted by Crippen LogP contribution is -2.02. The molecule has 0 fully saturated rings. The first-order valence-corrected chi connectivity index (χ1v) is 5.27. The van der Waals surface area contributed by atoms with Gasteiger partial charge in [-0.05, 0) is 28.1 Å². The summed E-state index contributed by atoms with van der Waals surface area (Å²) >= 11 is 5.22. The van der Waals surface area contributed by atoms with Crippen LogP contribution >= 0.6 is 38.5 Å². The molecular weight excluding hydrogens is 321 g/mol. The molecule has 1 aromatic rings. The number of rotatable bonds is 2. The SMILES string of the molecule is O=C(CI)c1cccc(Br)n1. The zero-order chi connectivity index (χ0) is 8.27. The number of carbonyl (C=O) groups is 1. The molecule has 1 heterocycles. The third kappa shape index (κ3) is 2.52. The van der Waals surface area contributed by atoms with Crippen LogP contribution in [0.15, 0.2) is 22.8 Å². The Kier molecular flexibility index (Phi) is 3.45. The summed E-state index contributed by atoms with van der Waals surface area (Å²) in [6.45, 7) is 0. The van der Waals surface area contributed by atoms with Crippen LogP contribution in [-0.4, -0.2) is 15.2 Å². The van der Waals surface area contributed by atoms with Crippen LogP contribution in [0.25, 0.3) is 0 Å². The number of carbonyl (C=O) groups excluding carboxylic acids is 1. The Morgan fingerprint density at radius 1 is 1.64 bits per heavy atom. The molecule has 0 N–H and O–H groups in total. The van der Waals surface area contributed by atoms with E-state index in [1.807, 2.05) is 22.6 Å². The fraction of sp³-hybridized carbons (Fsp3) is 0.143. The summed E-state index contributed by atoms with van der Waals surface area (Å²) in [6, 6.07) is 5.31. The van der Waals surface area contributed by atoms with Crippen LogP contribution < -0.4 is 0 Å². The van der Waals surface area contributed by atoms with E-state index in [4.69, 9.17) is 0 Å². The standard InChI is InChI=1S/C7H5BrINO/c8-7-3-1-2-5(10-7)6(11)4-9/h1-3H,4H2. The zero-order valence-electron chi connectivity index (χ0n) is 5.55. The molecule has 11 heavy (non-hydrogen) atoms. The summed E-state index contributed by atoms with van der Waals surface area (Å²) in [7, 11) is 0. The maximum Gasteiger partial charge on any atom is 0.190 e. The van der Waals surface area contributed by atoms with Crippen LogP contribution in [0.1, 0.15) is 10.5 Å². The molecule has 0 aliphatic rings. The Morgan fingerprint density at radius 3 is 2.91 bits per heavy atom. The van der Waals surface area contributed by atoms with Gasteiger partial charge >= 0.3 is 0 Å². The van der Waals surface area contributed by atoms with Crippen LogP contribution in [0.4, 0.5) is 0 Å². The molecule has 0 radical (unpaired) electrons. The predicted octanol–water partition coefficient (Wildman–Crippen LogP) is 2.46. The highest BCUT2D eigenvalue weighted by Crippen LogP contribution is 2.07. The number of ketones is 1. The van der Waals surface area contributed by atoms with Gasteiger partial charge in [-0.1, -0.05) is 28.7 Å². The monoisotopic (exact) mass is 325 g/mol. The number of nitrogens with zero attached hydrogens (tertiary/aromatic N) is 1. The maximum atomic E-state index is 11.1. The fourth-order valence-electron chi connectivity index (χ4n) is 0.632. The first-order valence-electron chi connectivity index (χ1n) is 2.96. The van der Waals surface area contributed by atoms with Gasteiger partial charge in [0, 0.05) is 0 Å². The fourth-order valence-corrected chi connectivity index (χ4v) is 1.37. The highest BCUT2D eigenvalue weighted by molar-refractivity contribution is 14.1. The van der Waals surface area contributed by atoms with Gasteiger partial charge in [-0.25, -0.2) is 4.98 Å². The van der Waals surface area contributed by atoms with Crippen molar-refractivity contribution in [2.45, 2.75) is 0 Å². The van der Waals surface area contributed by atoms with Crippen molar-refractivity contribution in [1.29, 1.82) is 0 Å². The topological polar surface area (TPSA) is 30.0 Å². The Balaban J connectivity index is 2.96. The number of alkyl halides is 1. The van der Waals surface area contributed by atoms with Crippen LogP contribution in [0.2, 0.25) is 0 Å². The van der Waals surface area contributed by atoms with Gasteiger partial charge in [0.1, 0.15) is 10.3 Å². The van der Waals surface area contributed by atoms with E-state index < -0.39 is 0 Å². The van der Waals surface area contributed by atoms with Crippen molar-refractivity contribution < 1.29 is 4.79 Å². The summed E-state index contributed by atoms with van der Waals surface area (Å²) in [5, 5.41) is 0. The molecule has 0 aliphatic heterocycles. The molecule has 0 aliphatic carbocycles. The van der Waals surface area contributed by atoms with Gasteiger partial charge in [0.25, 0.3) is 0 Å². The van der Waals surface area contributed by atoms with Crippen LogP contribution in [0, 0.1) is 0 Å². The average molecular weight is 326 g/mol. The van der Waals surface area contributed by atoms with Crippen molar-refractivity contribution in [3.05, 3.63) is 28.5 Å². The Hall–Kier alpha value is 0.0300. The highest BCUT2D eigenvalue weighted by atomic mass is 127. The van der Waals surface area contributed by atoms with Gasteiger partial charge in [-0.15, -0.1) is 0 Å². The summed E-state index contributed by atoms with van der Waals surface area (Å²) in [6.07, 6.45) is 0. The van der Waals surface area contributed by atoms with Crippen LogP contribution in [-0.2, 0) is 0 Å². The van der Waals surface area contributed by atoms with E-state index in [9.17, 15) is 4.79 Å². The minimum absolute atomic E-state index is 0.0619. The van der Waals surface area contributed by atoms with Gasteiger partial charge in [0.15, 0.2) is 5.78 Å². The first-order chi connectivity index (χ1) is 5.24. The minimum Gasteiger partial charge on any atom is -0.292 e. The summed E-state index contributed by atoms with van der Waals surface area (Å²) < 4.78 is 1.18. The molecule has 58 valence electrons. The van der Waals surface area contributed by atoms with Crippen molar-refractivity contribution >= 4 is 44.3 Å². The largest absolute Gasteiger partial charge is 0.292 e. The molecule has 4 heteroatoms. The number of hydrogen-bond donors (Lipinski definition) is 0. The third-order valence-electron chi connectivity index (χ3n) is 1.12. The van der Waals surface area contributed by atoms with Gasteiger partial charge in [-0.2, -0.15) is 0 Å². The first kappa shape index (κ1) is 9.12. The van der Waals surface area contributed by atoms with Crippen molar-refractivity contribution in [3.8, 4) is 0 Å². The number of pyridine rings is 1. The van der Waals surface area contributed by atoms with E-state index in [2.05, 4.69) is 20.9 Å². The Labute approximate surface area is 86.7 Å². The minimum atomic E-state index is 0.0619. The third-order valence-corrected chi connectivity index (χ3v) is 2.26. The second kappa shape index (κ2) is 4.15. The predicted molar refractivity (Wildman–Crippen MR) is 55.2 cm³/mol. The molecule has 0 unspecified atom stereocenters. The molecule has 1 aromatic heterocycles. The number of hydrogen-bond acceptors (Lipinski definition) is 2. The Bertz CT molecular complexity index is 277.